The summed E-state index contributed by atoms with van der Waals surface area (Å²) in [6.07, 6.45) is 39.4. The van der Waals surface area contributed by atoms with Crippen LogP contribution in [0, 0.1) is 0 Å². The zero-order valence-corrected chi connectivity index (χ0v) is 29.5. The van der Waals surface area contributed by atoms with E-state index in [1.165, 1.54) is 96.3 Å². The summed E-state index contributed by atoms with van der Waals surface area (Å²) in [6.45, 7) is 4.32. The number of carboxylic acid groups (broad SMARTS) is 1. The second-order valence-electron chi connectivity index (χ2n) is 12.8. The highest BCUT2D eigenvalue weighted by atomic mass is 16.6. The van der Waals surface area contributed by atoms with E-state index in [0.29, 0.717) is 12.8 Å². The Bertz CT molecular complexity index is 748. The van der Waals surface area contributed by atoms with Crippen LogP contribution in [0.4, 0.5) is 0 Å². The number of rotatable bonds is 34. The van der Waals surface area contributed by atoms with Crippen molar-refractivity contribution in [3.8, 4) is 0 Å². The molecule has 6 nitrogen and oxygen atoms in total. The first-order chi connectivity index (χ1) is 22.0. The SMILES string of the molecule is CCCCCCCC/C=C/CCCCCCCC(=O)NCC(OC(=O)CCCCCCC/C=C/CCCCCCCC)C(=O)O. The van der Waals surface area contributed by atoms with Crippen LogP contribution in [0.25, 0.3) is 0 Å². The van der Waals surface area contributed by atoms with Crippen LogP contribution in [0.5, 0.6) is 0 Å². The number of nitrogens with one attached hydrogen (secondary N) is 1. The van der Waals surface area contributed by atoms with Gasteiger partial charge >= 0.3 is 11.9 Å². The third kappa shape index (κ3) is 33.1. The van der Waals surface area contributed by atoms with Crippen molar-refractivity contribution in [2.24, 2.45) is 0 Å². The number of amides is 1. The quantitative estimate of drug-likeness (QED) is 0.0418. The van der Waals surface area contributed by atoms with Crippen molar-refractivity contribution in [2.75, 3.05) is 6.54 Å². The van der Waals surface area contributed by atoms with Crippen LogP contribution in [-0.2, 0) is 19.1 Å². The van der Waals surface area contributed by atoms with Gasteiger partial charge in [0.2, 0.25) is 12.0 Å². The number of hydrogen-bond acceptors (Lipinski definition) is 4. The third-order valence-electron chi connectivity index (χ3n) is 8.34. The second-order valence-corrected chi connectivity index (χ2v) is 12.8. The number of unbranched alkanes of at least 4 members (excludes halogenated alkanes) is 22. The third-order valence-corrected chi connectivity index (χ3v) is 8.34. The van der Waals surface area contributed by atoms with Gasteiger partial charge in [-0.05, 0) is 64.2 Å². The fourth-order valence-corrected chi connectivity index (χ4v) is 5.39. The molecule has 45 heavy (non-hydrogen) atoms. The Morgan fingerprint density at radius 3 is 1.29 bits per heavy atom. The molecule has 1 amide bonds. The maximum atomic E-state index is 12.2. The van der Waals surface area contributed by atoms with Crippen LogP contribution >= 0.6 is 0 Å². The van der Waals surface area contributed by atoms with Crippen molar-refractivity contribution in [1.82, 2.24) is 5.32 Å². The highest BCUT2D eigenvalue weighted by Gasteiger charge is 2.22. The summed E-state index contributed by atoms with van der Waals surface area (Å²) in [5, 5.41) is 12.0. The van der Waals surface area contributed by atoms with Crippen molar-refractivity contribution in [2.45, 2.75) is 200 Å². The lowest BCUT2D eigenvalue weighted by molar-refractivity contribution is -0.164. The van der Waals surface area contributed by atoms with E-state index in [2.05, 4.69) is 43.5 Å². The summed E-state index contributed by atoms with van der Waals surface area (Å²) < 4.78 is 5.14. The summed E-state index contributed by atoms with van der Waals surface area (Å²) in [5.41, 5.74) is 0. The fourth-order valence-electron chi connectivity index (χ4n) is 5.39. The van der Waals surface area contributed by atoms with Crippen LogP contribution in [-0.4, -0.2) is 35.6 Å². The molecule has 0 rings (SSSR count). The van der Waals surface area contributed by atoms with Gasteiger partial charge in [-0.2, -0.15) is 0 Å². The van der Waals surface area contributed by atoms with E-state index in [9.17, 15) is 19.5 Å². The molecule has 262 valence electrons. The minimum absolute atomic E-state index is 0.183. The summed E-state index contributed by atoms with van der Waals surface area (Å²) >= 11 is 0. The zero-order valence-electron chi connectivity index (χ0n) is 29.5. The van der Waals surface area contributed by atoms with E-state index < -0.39 is 18.0 Å². The average molecular weight is 634 g/mol. The van der Waals surface area contributed by atoms with E-state index in [1.807, 2.05) is 0 Å². The van der Waals surface area contributed by atoms with E-state index in [0.717, 1.165) is 64.2 Å². The first kappa shape index (κ1) is 42.9. The Morgan fingerprint density at radius 1 is 0.533 bits per heavy atom. The largest absolute Gasteiger partial charge is 0.478 e. The van der Waals surface area contributed by atoms with Crippen molar-refractivity contribution in [1.29, 1.82) is 0 Å². The molecule has 0 saturated carbocycles. The molecule has 1 unspecified atom stereocenters. The summed E-state index contributed by atoms with van der Waals surface area (Å²) in [7, 11) is 0. The van der Waals surface area contributed by atoms with Gasteiger partial charge in [-0.25, -0.2) is 4.79 Å². The molecule has 2 N–H and O–H groups in total. The predicted octanol–water partition coefficient (Wildman–Crippen LogP) is 11.2. The predicted molar refractivity (Wildman–Crippen MR) is 189 cm³/mol. The first-order valence-electron chi connectivity index (χ1n) is 19.0. The molecule has 1 atom stereocenters. The lowest BCUT2D eigenvalue weighted by atomic mass is 10.1. The minimum Gasteiger partial charge on any atom is -0.478 e. The molecule has 0 aromatic carbocycles. The number of aliphatic carboxylic acids is 1. The van der Waals surface area contributed by atoms with Gasteiger partial charge in [-0.1, -0.05) is 141 Å². The minimum atomic E-state index is -1.33. The summed E-state index contributed by atoms with van der Waals surface area (Å²) in [6, 6.07) is 0. The lowest BCUT2D eigenvalue weighted by Gasteiger charge is -2.14. The second kappa shape index (κ2) is 34.8. The molecule has 0 bridgehead atoms. The van der Waals surface area contributed by atoms with Gasteiger partial charge in [0.1, 0.15) is 0 Å². The number of hydrogen-bond donors (Lipinski definition) is 2. The van der Waals surface area contributed by atoms with E-state index in [4.69, 9.17) is 4.74 Å². The topological polar surface area (TPSA) is 92.7 Å². The van der Waals surface area contributed by atoms with E-state index >= 15 is 0 Å². The highest BCUT2D eigenvalue weighted by Crippen LogP contribution is 2.12. The maximum Gasteiger partial charge on any atom is 0.346 e. The summed E-state index contributed by atoms with van der Waals surface area (Å²) in [5.74, 6) is -1.92. The number of esters is 1. The van der Waals surface area contributed by atoms with Crippen molar-refractivity contribution >= 4 is 17.8 Å². The maximum absolute atomic E-state index is 12.2. The molecule has 0 radical (unpaired) electrons. The lowest BCUT2D eigenvalue weighted by Crippen LogP contribution is -2.39. The van der Waals surface area contributed by atoms with E-state index in [-0.39, 0.29) is 18.9 Å². The highest BCUT2D eigenvalue weighted by molar-refractivity contribution is 5.80. The first-order valence-corrected chi connectivity index (χ1v) is 19.0. The molecule has 0 saturated heterocycles. The van der Waals surface area contributed by atoms with Gasteiger partial charge in [-0.15, -0.1) is 0 Å². The number of carboxylic acids is 1. The van der Waals surface area contributed by atoms with Crippen molar-refractivity contribution < 1.29 is 24.2 Å². The molecule has 6 heteroatoms. The van der Waals surface area contributed by atoms with Crippen LogP contribution < -0.4 is 5.32 Å². The number of allylic oxidation sites excluding steroid dienone is 4. The molecule has 0 aliphatic carbocycles. The van der Waals surface area contributed by atoms with Gasteiger partial charge in [0.25, 0.3) is 0 Å². The molecule has 0 fully saturated rings. The number of carbonyl (C=O) groups excluding carboxylic acids is 2. The Morgan fingerprint density at radius 2 is 0.889 bits per heavy atom. The van der Waals surface area contributed by atoms with Crippen LogP contribution in [0.2, 0.25) is 0 Å². The molecular weight excluding hydrogens is 562 g/mol. The van der Waals surface area contributed by atoms with Gasteiger partial charge in [-0.3, -0.25) is 9.59 Å². The summed E-state index contributed by atoms with van der Waals surface area (Å²) in [4.78, 5) is 35.8. The molecule has 0 spiro atoms. The molecule has 0 aromatic rings. The molecule has 0 aliphatic heterocycles. The number of ether oxygens (including phenoxy) is 1. The van der Waals surface area contributed by atoms with Gasteiger partial charge in [0, 0.05) is 12.8 Å². The van der Waals surface area contributed by atoms with Gasteiger partial charge in [0.15, 0.2) is 0 Å². The smallest absolute Gasteiger partial charge is 0.346 e. The Kier molecular flexibility index (Phi) is 33.1. The molecule has 0 heterocycles. The molecular formula is C39H71NO5. The fraction of sp³-hybridized carbons (Fsp3) is 0.821. The molecule has 0 aromatic heterocycles. The van der Waals surface area contributed by atoms with Gasteiger partial charge < -0.3 is 15.2 Å². The monoisotopic (exact) mass is 634 g/mol. The normalized spacial score (nSPS) is 12.2. The van der Waals surface area contributed by atoms with Gasteiger partial charge in [0.05, 0.1) is 6.54 Å². The average Bonchev–Trinajstić information content (AvgIpc) is 3.02. The standard InChI is InChI=1S/C39H71NO5/c1-3-5-7-9-11-13-15-17-19-21-23-25-27-29-31-33-37(41)40-35-36(39(43)44)45-38(42)34-32-30-28-26-24-22-20-18-16-14-12-10-8-6-4-2/h17-20,36H,3-16,21-35H2,1-2H3,(H,40,41)(H,43,44)/b19-17+,20-18+. The Hall–Kier alpha value is -2.11. The molecule has 0 aliphatic rings. The zero-order chi connectivity index (χ0) is 33.1. The Labute approximate surface area is 277 Å². The van der Waals surface area contributed by atoms with Crippen LogP contribution in [0.15, 0.2) is 24.3 Å². The number of carbonyl (C=O) groups is 3. The van der Waals surface area contributed by atoms with Crippen LogP contribution in [0.1, 0.15) is 194 Å². The van der Waals surface area contributed by atoms with Crippen molar-refractivity contribution in [3.05, 3.63) is 24.3 Å². The van der Waals surface area contributed by atoms with E-state index in [1.54, 1.807) is 0 Å². The Balaban J connectivity index is 3.70. The van der Waals surface area contributed by atoms with Crippen LogP contribution in [0.3, 0.4) is 0 Å². The van der Waals surface area contributed by atoms with Crippen molar-refractivity contribution in [3.63, 3.8) is 0 Å².